The van der Waals surface area contributed by atoms with Crippen LogP contribution in [0, 0.1) is 5.92 Å². The highest BCUT2D eigenvalue weighted by atomic mass is 17.1. The molecule has 0 heterocycles. The molecule has 0 aliphatic rings. The van der Waals surface area contributed by atoms with Crippen molar-refractivity contribution >= 4 is 11.8 Å². The maximum Gasteiger partial charge on any atom is 0.352 e. The third kappa shape index (κ3) is 2.23. The number of ketones is 1. The highest BCUT2D eigenvalue weighted by molar-refractivity contribution is 5.96. The van der Waals surface area contributed by atoms with Crippen molar-refractivity contribution in [2.75, 3.05) is 0 Å². The first-order valence-electron chi connectivity index (χ1n) is 2.45. The average Bonchev–Trinajstić information content (AvgIpc) is 1.84. The van der Waals surface area contributed by atoms with Crippen LogP contribution in [0.25, 0.3) is 0 Å². The van der Waals surface area contributed by atoms with Crippen LogP contribution in [0.3, 0.4) is 0 Å². The highest BCUT2D eigenvalue weighted by Crippen LogP contribution is 1.97. The first-order valence-corrected chi connectivity index (χ1v) is 2.45. The van der Waals surface area contributed by atoms with Gasteiger partial charge in [0.05, 0.1) is 0 Å². The Morgan fingerprint density at radius 3 is 2.11 bits per heavy atom. The molecule has 0 aliphatic carbocycles. The van der Waals surface area contributed by atoms with Crippen LogP contribution in [0.1, 0.15) is 13.8 Å². The van der Waals surface area contributed by atoms with E-state index in [1.54, 1.807) is 0 Å². The van der Waals surface area contributed by atoms with Crippen LogP contribution < -0.4 is 0 Å². The minimum atomic E-state index is -0.914. The molecule has 0 saturated carbocycles. The number of carbonyl (C=O) groups is 2. The molecule has 0 aromatic carbocycles. The summed E-state index contributed by atoms with van der Waals surface area (Å²) in [6.45, 7) is 2.61. The van der Waals surface area contributed by atoms with E-state index in [0.717, 1.165) is 0 Å². The zero-order chi connectivity index (χ0) is 7.44. The monoisotopic (exact) mass is 132 g/mol. The fraction of sp³-hybridized carbons (Fsp3) is 0.600. The summed E-state index contributed by atoms with van der Waals surface area (Å²) in [5, 5.41) is 7.75. The summed E-state index contributed by atoms with van der Waals surface area (Å²) >= 11 is 0. The van der Waals surface area contributed by atoms with Gasteiger partial charge in [-0.15, -0.1) is 0 Å². The normalized spacial score (nSPS) is 12.3. The fourth-order valence-electron chi connectivity index (χ4n) is 0.245. The number of rotatable bonds is 2. The van der Waals surface area contributed by atoms with Crippen LogP contribution in [-0.4, -0.2) is 17.0 Å². The Morgan fingerprint density at radius 1 is 1.56 bits per heavy atom. The molecule has 1 N–H and O–H groups in total. The second-order valence-corrected chi connectivity index (χ2v) is 1.74. The zero-order valence-corrected chi connectivity index (χ0v) is 5.25. The van der Waals surface area contributed by atoms with Gasteiger partial charge in [0.25, 0.3) is 0 Å². The molecule has 0 rings (SSSR count). The van der Waals surface area contributed by atoms with Gasteiger partial charge in [-0.25, -0.2) is 4.79 Å². The average molecular weight is 132 g/mol. The summed E-state index contributed by atoms with van der Waals surface area (Å²) < 4.78 is 0. The smallest absolute Gasteiger partial charge is 0.300 e. The van der Waals surface area contributed by atoms with Crippen LogP contribution in [0.2, 0.25) is 0 Å². The molecule has 0 bridgehead atoms. The van der Waals surface area contributed by atoms with E-state index in [9.17, 15) is 9.59 Å². The van der Waals surface area contributed by atoms with Crippen molar-refractivity contribution in [1.29, 1.82) is 0 Å². The van der Waals surface area contributed by atoms with Crippen molar-refractivity contribution in [3.8, 4) is 0 Å². The van der Waals surface area contributed by atoms with E-state index in [1.807, 2.05) is 0 Å². The van der Waals surface area contributed by atoms with Crippen molar-refractivity contribution in [3.05, 3.63) is 0 Å². The Hall–Kier alpha value is -0.900. The van der Waals surface area contributed by atoms with E-state index in [4.69, 9.17) is 5.26 Å². The fourth-order valence-corrected chi connectivity index (χ4v) is 0.245. The van der Waals surface area contributed by atoms with Gasteiger partial charge in [0.2, 0.25) is 0 Å². The topological polar surface area (TPSA) is 63.6 Å². The number of Topliss-reactive ketones (excluding diaryl/α,β-unsaturated/α-hetero) is 1. The van der Waals surface area contributed by atoms with Crippen molar-refractivity contribution < 1.29 is 19.7 Å². The lowest BCUT2D eigenvalue weighted by molar-refractivity contribution is -0.237. The lowest BCUT2D eigenvalue weighted by atomic mass is 10.1. The number of hydrogen-bond acceptors (Lipinski definition) is 4. The van der Waals surface area contributed by atoms with Gasteiger partial charge in [-0.05, 0) is 13.8 Å². The van der Waals surface area contributed by atoms with E-state index in [-0.39, 0.29) is 5.78 Å². The molecular weight excluding hydrogens is 124 g/mol. The SMILES string of the molecule is CC(=O)C(C)C(=O)OO. The van der Waals surface area contributed by atoms with Crippen LogP contribution in [-0.2, 0) is 14.5 Å². The molecule has 0 amide bonds. The summed E-state index contributed by atoms with van der Waals surface area (Å²) in [5.41, 5.74) is 0. The molecular formula is C5H8O4. The first kappa shape index (κ1) is 8.10. The third-order valence-electron chi connectivity index (χ3n) is 1.05. The molecule has 52 valence electrons. The molecule has 1 unspecified atom stereocenters. The van der Waals surface area contributed by atoms with Crippen LogP contribution in [0.5, 0.6) is 0 Å². The zero-order valence-electron chi connectivity index (χ0n) is 5.25. The Kier molecular flexibility index (Phi) is 2.87. The second-order valence-electron chi connectivity index (χ2n) is 1.74. The molecule has 0 fully saturated rings. The minimum Gasteiger partial charge on any atom is -0.300 e. The molecule has 0 radical (unpaired) electrons. The molecule has 4 nitrogen and oxygen atoms in total. The van der Waals surface area contributed by atoms with Gasteiger partial charge < -0.3 is 4.89 Å². The van der Waals surface area contributed by atoms with Gasteiger partial charge in [-0.1, -0.05) is 0 Å². The molecule has 0 aliphatic heterocycles. The molecule has 9 heavy (non-hydrogen) atoms. The van der Waals surface area contributed by atoms with Crippen molar-refractivity contribution in [2.24, 2.45) is 5.92 Å². The van der Waals surface area contributed by atoms with E-state index in [2.05, 4.69) is 4.89 Å². The predicted octanol–water partition coefficient (Wildman–Crippen LogP) is 0.228. The van der Waals surface area contributed by atoms with E-state index in [0.29, 0.717) is 0 Å². The lowest BCUT2D eigenvalue weighted by Gasteiger charge is -1.99. The highest BCUT2D eigenvalue weighted by Gasteiger charge is 2.18. The standard InChI is InChI=1S/C5H8O4/c1-3(4(2)6)5(7)9-8/h3,8H,1-2H3. The molecule has 0 spiro atoms. The Balaban J connectivity index is 3.88. The maximum atomic E-state index is 10.3. The van der Waals surface area contributed by atoms with Gasteiger partial charge in [0.15, 0.2) is 0 Å². The molecule has 4 heteroatoms. The van der Waals surface area contributed by atoms with Crippen molar-refractivity contribution in [2.45, 2.75) is 13.8 Å². The lowest BCUT2D eigenvalue weighted by Crippen LogP contribution is -2.19. The maximum absolute atomic E-state index is 10.3. The summed E-state index contributed by atoms with van der Waals surface area (Å²) in [6.07, 6.45) is 0. The van der Waals surface area contributed by atoms with Gasteiger partial charge in [0.1, 0.15) is 11.7 Å². The van der Waals surface area contributed by atoms with Crippen molar-refractivity contribution in [3.63, 3.8) is 0 Å². The summed E-state index contributed by atoms with van der Waals surface area (Å²) in [6, 6.07) is 0. The summed E-state index contributed by atoms with van der Waals surface area (Å²) in [5.74, 6) is -2.11. The molecule has 1 atom stereocenters. The number of carbonyl (C=O) groups excluding carboxylic acids is 2. The Morgan fingerprint density at radius 2 is 2.00 bits per heavy atom. The summed E-state index contributed by atoms with van der Waals surface area (Å²) in [4.78, 5) is 23.9. The van der Waals surface area contributed by atoms with Crippen LogP contribution in [0.4, 0.5) is 0 Å². The van der Waals surface area contributed by atoms with Gasteiger partial charge >= 0.3 is 5.97 Å². The Labute approximate surface area is 52.4 Å². The van der Waals surface area contributed by atoms with Crippen molar-refractivity contribution in [1.82, 2.24) is 0 Å². The van der Waals surface area contributed by atoms with Gasteiger partial charge in [-0.2, -0.15) is 5.26 Å². The van der Waals surface area contributed by atoms with E-state index < -0.39 is 11.9 Å². The largest absolute Gasteiger partial charge is 0.352 e. The quantitative estimate of drug-likeness (QED) is 0.332. The molecule has 0 aromatic heterocycles. The van der Waals surface area contributed by atoms with E-state index in [1.165, 1.54) is 13.8 Å². The minimum absolute atomic E-state index is 0.325. The van der Waals surface area contributed by atoms with Gasteiger partial charge in [0, 0.05) is 0 Å². The third-order valence-corrected chi connectivity index (χ3v) is 1.05. The van der Waals surface area contributed by atoms with Gasteiger partial charge in [-0.3, -0.25) is 4.79 Å². The summed E-state index contributed by atoms with van der Waals surface area (Å²) in [7, 11) is 0. The van der Waals surface area contributed by atoms with Crippen LogP contribution >= 0.6 is 0 Å². The molecule has 0 aromatic rings. The predicted molar refractivity (Wildman–Crippen MR) is 28.6 cm³/mol. The Bertz CT molecular complexity index is 129. The van der Waals surface area contributed by atoms with Crippen LogP contribution in [0.15, 0.2) is 0 Å². The first-order chi connectivity index (χ1) is 4.09. The van der Waals surface area contributed by atoms with E-state index >= 15 is 0 Å². The second kappa shape index (κ2) is 3.19. The number of hydrogen-bond donors (Lipinski definition) is 1. The molecule has 0 saturated heterocycles.